The molecule has 0 saturated carbocycles. The highest BCUT2D eigenvalue weighted by molar-refractivity contribution is 5.94. The van der Waals surface area contributed by atoms with Crippen molar-refractivity contribution >= 4 is 5.84 Å². The zero-order valence-electron chi connectivity index (χ0n) is 10.4. The molecule has 4 nitrogen and oxygen atoms in total. The fourth-order valence-electron chi connectivity index (χ4n) is 2.88. The molecule has 3 N–H and O–H groups in total. The monoisotopic (exact) mass is 245 g/mol. The maximum Gasteiger partial charge on any atom is 0.122 e. The van der Waals surface area contributed by atoms with Crippen molar-refractivity contribution < 1.29 is 4.74 Å². The molecule has 0 amide bonds. The molecule has 96 valence electrons. The van der Waals surface area contributed by atoms with E-state index in [1.54, 1.807) is 0 Å². The Morgan fingerprint density at radius 1 is 1.22 bits per heavy atom. The molecule has 2 unspecified atom stereocenters. The van der Waals surface area contributed by atoms with Crippen molar-refractivity contribution in [3.8, 4) is 0 Å². The zero-order valence-corrected chi connectivity index (χ0v) is 10.4. The number of nitrogen functional groups attached to an aromatic ring is 1. The quantitative estimate of drug-likeness (QED) is 0.624. The smallest absolute Gasteiger partial charge is 0.122 e. The lowest BCUT2D eigenvalue weighted by Gasteiger charge is -2.32. The van der Waals surface area contributed by atoms with Gasteiger partial charge in [-0.2, -0.15) is 0 Å². The molecule has 0 radical (unpaired) electrons. The van der Waals surface area contributed by atoms with Crippen LogP contribution in [0.25, 0.3) is 0 Å². The van der Waals surface area contributed by atoms with Crippen molar-refractivity contribution in [1.29, 1.82) is 5.41 Å². The van der Waals surface area contributed by atoms with Gasteiger partial charge in [0, 0.05) is 25.2 Å². The molecule has 2 aliphatic heterocycles. The number of hydrogen-bond acceptors (Lipinski definition) is 3. The van der Waals surface area contributed by atoms with Gasteiger partial charge in [0.2, 0.25) is 0 Å². The van der Waals surface area contributed by atoms with E-state index in [4.69, 9.17) is 15.9 Å². The van der Waals surface area contributed by atoms with Gasteiger partial charge in [-0.05, 0) is 18.4 Å². The lowest BCUT2D eigenvalue weighted by Crippen LogP contribution is -2.41. The average molecular weight is 245 g/mol. The first-order valence-corrected chi connectivity index (χ1v) is 6.52. The van der Waals surface area contributed by atoms with Gasteiger partial charge in [0.1, 0.15) is 5.84 Å². The Bertz CT molecular complexity index is 431. The number of nitrogens with zero attached hydrogens (tertiary/aromatic N) is 1. The number of benzene rings is 1. The number of amidine groups is 1. The number of likely N-dealkylation sites (tertiary alicyclic amines) is 1. The van der Waals surface area contributed by atoms with E-state index in [2.05, 4.69) is 17.0 Å². The van der Waals surface area contributed by atoms with Gasteiger partial charge >= 0.3 is 0 Å². The summed E-state index contributed by atoms with van der Waals surface area (Å²) in [4.78, 5) is 2.47. The third-order valence-electron chi connectivity index (χ3n) is 3.79. The maximum atomic E-state index is 7.37. The van der Waals surface area contributed by atoms with Crippen molar-refractivity contribution in [2.75, 3.05) is 13.1 Å². The number of nitrogens with two attached hydrogens (primary N) is 1. The SMILES string of the molecule is N=C(N)c1ccc(CN2CC3CCC(C2)O3)cc1. The molecule has 2 fully saturated rings. The minimum atomic E-state index is 0.131. The van der Waals surface area contributed by atoms with Crippen LogP contribution in [0.3, 0.4) is 0 Å². The lowest BCUT2D eigenvalue weighted by atomic mass is 10.1. The van der Waals surface area contributed by atoms with E-state index < -0.39 is 0 Å². The first kappa shape index (κ1) is 11.7. The summed E-state index contributed by atoms with van der Waals surface area (Å²) in [5.41, 5.74) is 7.52. The first-order chi connectivity index (χ1) is 8.70. The summed E-state index contributed by atoms with van der Waals surface area (Å²) in [5, 5.41) is 7.37. The maximum absolute atomic E-state index is 7.37. The highest BCUT2D eigenvalue weighted by Crippen LogP contribution is 2.27. The molecular formula is C14H19N3O. The van der Waals surface area contributed by atoms with Gasteiger partial charge in [0.25, 0.3) is 0 Å². The van der Waals surface area contributed by atoms with Crippen LogP contribution in [0.5, 0.6) is 0 Å². The molecule has 18 heavy (non-hydrogen) atoms. The van der Waals surface area contributed by atoms with Crippen LogP contribution in [0.2, 0.25) is 0 Å². The predicted molar refractivity (Wildman–Crippen MR) is 70.6 cm³/mol. The molecule has 0 aliphatic carbocycles. The Balaban J connectivity index is 1.64. The number of ether oxygens (including phenoxy) is 1. The van der Waals surface area contributed by atoms with Crippen molar-refractivity contribution in [1.82, 2.24) is 4.90 Å². The third-order valence-corrected chi connectivity index (χ3v) is 3.79. The molecule has 2 heterocycles. The minimum absolute atomic E-state index is 0.131. The van der Waals surface area contributed by atoms with E-state index in [-0.39, 0.29) is 5.84 Å². The Morgan fingerprint density at radius 2 is 1.83 bits per heavy atom. The Labute approximate surface area is 107 Å². The third kappa shape index (κ3) is 2.40. The van der Waals surface area contributed by atoms with E-state index >= 15 is 0 Å². The second-order valence-electron chi connectivity index (χ2n) is 5.26. The number of morpholine rings is 1. The topological polar surface area (TPSA) is 62.3 Å². The Kier molecular flexibility index (Phi) is 3.06. The second-order valence-corrected chi connectivity index (χ2v) is 5.26. The molecule has 2 atom stereocenters. The van der Waals surface area contributed by atoms with Gasteiger partial charge in [-0.3, -0.25) is 10.3 Å². The Morgan fingerprint density at radius 3 is 2.39 bits per heavy atom. The van der Waals surface area contributed by atoms with Crippen LogP contribution in [0.4, 0.5) is 0 Å². The van der Waals surface area contributed by atoms with Crippen LogP contribution in [-0.2, 0) is 11.3 Å². The summed E-state index contributed by atoms with van der Waals surface area (Å²) < 4.78 is 5.83. The van der Waals surface area contributed by atoms with E-state index in [0.717, 1.165) is 25.2 Å². The van der Waals surface area contributed by atoms with Gasteiger partial charge in [-0.25, -0.2) is 0 Å². The fraction of sp³-hybridized carbons (Fsp3) is 0.500. The number of nitrogens with one attached hydrogen (secondary N) is 1. The second kappa shape index (κ2) is 4.71. The van der Waals surface area contributed by atoms with Gasteiger partial charge in [-0.1, -0.05) is 24.3 Å². The van der Waals surface area contributed by atoms with E-state index in [1.807, 2.05) is 12.1 Å². The number of hydrogen-bond donors (Lipinski definition) is 2. The summed E-state index contributed by atoms with van der Waals surface area (Å²) in [6.07, 6.45) is 3.31. The molecule has 2 aliphatic rings. The van der Waals surface area contributed by atoms with E-state index in [9.17, 15) is 0 Å². The van der Waals surface area contributed by atoms with Gasteiger partial charge < -0.3 is 10.5 Å². The summed E-state index contributed by atoms with van der Waals surface area (Å²) in [6, 6.07) is 7.97. The van der Waals surface area contributed by atoms with Crippen LogP contribution in [0, 0.1) is 5.41 Å². The Hall–Kier alpha value is -1.39. The highest BCUT2D eigenvalue weighted by atomic mass is 16.5. The zero-order chi connectivity index (χ0) is 12.5. The van der Waals surface area contributed by atoms with Crippen LogP contribution in [0.15, 0.2) is 24.3 Å². The largest absolute Gasteiger partial charge is 0.384 e. The summed E-state index contributed by atoms with van der Waals surface area (Å²) >= 11 is 0. The van der Waals surface area contributed by atoms with Crippen molar-refractivity contribution in [2.45, 2.75) is 31.6 Å². The van der Waals surface area contributed by atoms with Crippen molar-refractivity contribution in [3.05, 3.63) is 35.4 Å². The summed E-state index contributed by atoms with van der Waals surface area (Å²) in [6.45, 7) is 3.06. The fourth-order valence-corrected chi connectivity index (χ4v) is 2.88. The molecular weight excluding hydrogens is 226 g/mol. The molecule has 1 aromatic rings. The molecule has 3 rings (SSSR count). The summed E-state index contributed by atoms with van der Waals surface area (Å²) in [5.74, 6) is 0.131. The lowest BCUT2D eigenvalue weighted by molar-refractivity contribution is -0.0410. The standard InChI is InChI=1S/C14H19N3O/c15-14(16)11-3-1-10(2-4-11)7-17-8-12-5-6-13(9-17)18-12/h1-4,12-13H,5-9H2,(H3,15,16). The molecule has 1 aromatic carbocycles. The summed E-state index contributed by atoms with van der Waals surface area (Å²) in [7, 11) is 0. The molecule has 2 bridgehead atoms. The molecule has 0 aromatic heterocycles. The van der Waals surface area contributed by atoms with E-state index in [0.29, 0.717) is 12.2 Å². The normalized spacial score (nSPS) is 27.3. The van der Waals surface area contributed by atoms with Crippen molar-refractivity contribution in [2.24, 2.45) is 5.73 Å². The molecule has 2 saturated heterocycles. The van der Waals surface area contributed by atoms with Crippen molar-refractivity contribution in [3.63, 3.8) is 0 Å². The van der Waals surface area contributed by atoms with Crippen LogP contribution in [-0.4, -0.2) is 36.0 Å². The molecule has 0 spiro atoms. The van der Waals surface area contributed by atoms with Crippen LogP contribution in [0.1, 0.15) is 24.0 Å². The van der Waals surface area contributed by atoms with Crippen LogP contribution < -0.4 is 5.73 Å². The van der Waals surface area contributed by atoms with Crippen LogP contribution >= 0.6 is 0 Å². The van der Waals surface area contributed by atoms with E-state index in [1.165, 1.54) is 18.4 Å². The van der Waals surface area contributed by atoms with Gasteiger partial charge in [-0.15, -0.1) is 0 Å². The minimum Gasteiger partial charge on any atom is -0.384 e. The van der Waals surface area contributed by atoms with Gasteiger partial charge in [0.15, 0.2) is 0 Å². The predicted octanol–water partition coefficient (Wildman–Crippen LogP) is 1.33. The first-order valence-electron chi connectivity index (χ1n) is 6.52. The average Bonchev–Trinajstić information content (AvgIpc) is 2.69. The highest BCUT2D eigenvalue weighted by Gasteiger charge is 2.33. The molecule has 4 heteroatoms. The van der Waals surface area contributed by atoms with Gasteiger partial charge in [0.05, 0.1) is 12.2 Å². The number of rotatable bonds is 3. The number of fused-ring (bicyclic) bond motifs is 2.